The number of nitrogens with two attached hydrogens (primary N) is 1. The first-order valence-electron chi connectivity index (χ1n) is 7.85. The maximum atomic E-state index is 6.06. The van der Waals surface area contributed by atoms with Gasteiger partial charge < -0.3 is 15.4 Å². The average Bonchev–Trinajstić information content (AvgIpc) is 2.49. The summed E-state index contributed by atoms with van der Waals surface area (Å²) in [6.45, 7) is 9.36. The van der Waals surface area contributed by atoms with E-state index in [1.54, 1.807) is 0 Å². The maximum absolute atomic E-state index is 6.06. The predicted molar refractivity (Wildman–Crippen MR) is 85.4 cm³/mol. The van der Waals surface area contributed by atoms with Crippen molar-refractivity contribution >= 4 is 5.69 Å². The lowest BCUT2D eigenvalue weighted by Crippen LogP contribution is -2.42. The average molecular weight is 276 g/mol. The fraction of sp³-hybridized carbons (Fsp3) is 0.647. The summed E-state index contributed by atoms with van der Waals surface area (Å²) in [5.74, 6) is 0. The van der Waals surface area contributed by atoms with Gasteiger partial charge in [-0.25, -0.2) is 0 Å². The SMILES string of the molecule is CCC(N)Cc1ccc(N2CCOC(CC)C2)cc1C. The quantitative estimate of drug-likeness (QED) is 0.898. The molecule has 2 N–H and O–H groups in total. The summed E-state index contributed by atoms with van der Waals surface area (Å²) >= 11 is 0. The standard InChI is InChI=1S/C17H28N2O/c1-4-15(18)11-14-6-7-16(10-13(14)3)19-8-9-20-17(5-2)12-19/h6-7,10,15,17H,4-5,8-9,11-12,18H2,1-3H3. The Hall–Kier alpha value is -1.06. The van der Waals surface area contributed by atoms with E-state index in [0.717, 1.165) is 39.0 Å². The maximum Gasteiger partial charge on any atom is 0.0748 e. The van der Waals surface area contributed by atoms with Gasteiger partial charge in [0.15, 0.2) is 0 Å². The second-order valence-corrected chi connectivity index (χ2v) is 5.83. The summed E-state index contributed by atoms with van der Waals surface area (Å²) in [5, 5.41) is 0. The summed E-state index contributed by atoms with van der Waals surface area (Å²) in [7, 11) is 0. The van der Waals surface area contributed by atoms with Crippen molar-refractivity contribution in [1.82, 2.24) is 0 Å². The molecule has 0 aromatic heterocycles. The van der Waals surface area contributed by atoms with Gasteiger partial charge in [-0.2, -0.15) is 0 Å². The van der Waals surface area contributed by atoms with Gasteiger partial charge >= 0.3 is 0 Å². The molecule has 1 aromatic rings. The molecule has 3 nitrogen and oxygen atoms in total. The zero-order chi connectivity index (χ0) is 14.5. The van der Waals surface area contributed by atoms with Crippen molar-refractivity contribution in [2.45, 2.75) is 52.2 Å². The molecular formula is C17H28N2O. The van der Waals surface area contributed by atoms with Crippen LogP contribution in [0.5, 0.6) is 0 Å². The third-order valence-corrected chi connectivity index (χ3v) is 4.29. The molecule has 2 unspecified atom stereocenters. The Morgan fingerprint density at radius 2 is 2.20 bits per heavy atom. The van der Waals surface area contributed by atoms with Crippen LogP contribution >= 0.6 is 0 Å². The van der Waals surface area contributed by atoms with Gasteiger partial charge in [-0.1, -0.05) is 19.9 Å². The third kappa shape index (κ3) is 3.74. The van der Waals surface area contributed by atoms with E-state index in [2.05, 4.69) is 43.9 Å². The fourth-order valence-corrected chi connectivity index (χ4v) is 2.73. The number of morpholine rings is 1. The van der Waals surface area contributed by atoms with E-state index in [9.17, 15) is 0 Å². The van der Waals surface area contributed by atoms with Crippen molar-refractivity contribution < 1.29 is 4.74 Å². The molecule has 3 heteroatoms. The number of ether oxygens (including phenoxy) is 1. The first kappa shape index (κ1) is 15.3. The minimum atomic E-state index is 0.271. The van der Waals surface area contributed by atoms with Crippen LogP contribution in [0.2, 0.25) is 0 Å². The molecule has 2 rings (SSSR count). The highest BCUT2D eigenvalue weighted by Gasteiger charge is 2.19. The van der Waals surface area contributed by atoms with Crippen LogP contribution < -0.4 is 10.6 Å². The molecule has 2 atom stereocenters. The first-order chi connectivity index (χ1) is 9.63. The van der Waals surface area contributed by atoms with E-state index in [1.165, 1.54) is 16.8 Å². The van der Waals surface area contributed by atoms with E-state index in [1.807, 2.05) is 0 Å². The minimum Gasteiger partial charge on any atom is -0.375 e. The van der Waals surface area contributed by atoms with E-state index in [0.29, 0.717) is 6.10 Å². The minimum absolute atomic E-state index is 0.271. The zero-order valence-electron chi connectivity index (χ0n) is 13.1. The molecule has 1 aromatic carbocycles. The molecular weight excluding hydrogens is 248 g/mol. The third-order valence-electron chi connectivity index (χ3n) is 4.29. The normalized spacial score (nSPS) is 21.0. The number of rotatable bonds is 5. The van der Waals surface area contributed by atoms with Crippen LogP contribution in [0.4, 0.5) is 5.69 Å². The topological polar surface area (TPSA) is 38.5 Å². The van der Waals surface area contributed by atoms with Crippen LogP contribution in [-0.2, 0) is 11.2 Å². The molecule has 1 aliphatic rings. The second kappa shape index (κ2) is 7.09. The van der Waals surface area contributed by atoms with E-state index >= 15 is 0 Å². The molecule has 0 spiro atoms. The molecule has 1 saturated heterocycles. The van der Waals surface area contributed by atoms with E-state index < -0.39 is 0 Å². The van der Waals surface area contributed by atoms with Crippen molar-refractivity contribution in [1.29, 1.82) is 0 Å². The molecule has 0 amide bonds. The highest BCUT2D eigenvalue weighted by Crippen LogP contribution is 2.23. The van der Waals surface area contributed by atoms with Gasteiger partial charge in [0.2, 0.25) is 0 Å². The molecule has 20 heavy (non-hydrogen) atoms. The van der Waals surface area contributed by atoms with Crippen molar-refractivity contribution in [3.05, 3.63) is 29.3 Å². The molecule has 1 fully saturated rings. The van der Waals surface area contributed by atoms with Gasteiger partial charge in [-0.15, -0.1) is 0 Å². The number of hydrogen-bond acceptors (Lipinski definition) is 3. The van der Waals surface area contributed by atoms with Crippen LogP contribution in [0.3, 0.4) is 0 Å². The van der Waals surface area contributed by atoms with Gasteiger partial charge in [0.25, 0.3) is 0 Å². The Morgan fingerprint density at radius 1 is 1.40 bits per heavy atom. The highest BCUT2D eigenvalue weighted by molar-refractivity contribution is 5.51. The lowest BCUT2D eigenvalue weighted by Gasteiger charge is -2.34. The number of aryl methyl sites for hydroxylation is 1. The van der Waals surface area contributed by atoms with Gasteiger partial charge in [0.1, 0.15) is 0 Å². The second-order valence-electron chi connectivity index (χ2n) is 5.83. The number of anilines is 1. The van der Waals surface area contributed by atoms with Crippen molar-refractivity contribution in [3.63, 3.8) is 0 Å². The summed E-state index contributed by atoms with van der Waals surface area (Å²) in [6.07, 6.45) is 3.46. The lowest BCUT2D eigenvalue weighted by molar-refractivity contribution is 0.0384. The molecule has 1 aliphatic heterocycles. The summed E-state index contributed by atoms with van der Waals surface area (Å²) in [5.41, 5.74) is 10.1. The molecule has 1 heterocycles. The van der Waals surface area contributed by atoms with Gasteiger partial charge in [0.05, 0.1) is 12.7 Å². The Kier molecular flexibility index (Phi) is 5.44. The van der Waals surface area contributed by atoms with Gasteiger partial charge in [-0.05, 0) is 49.4 Å². The summed E-state index contributed by atoms with van der Waals surface area (Å²) in [6, 6.07) is 7.06. The number of benzene rings is 1. The van der Waals surface area contributed by atoms with Crippen molar-refractivity contribution in [2.24, 2.45) is 5.73 Å². The number of hydrogen-bond donors (Lipinski definition) is 1. The van der Waals surface area contributed by atoms with Crippen LogP contribution in [0, 0.1) is 6.92 Å². The number of nitrogens with zero attached hydrogens (tertiary/aromatic N) is 1. The van der Waals surface area contributed by atoms with Crippen LogP contribution in [-0.4, -0.2) is 31.8 Å². The summed E-state index contributed by atoms with van der Waals surface area (Å²) in [4.78, 5) is 2.44. The molecule has 0 saturated carbocycles. The van der Waals surface area contributed by atoms with E-state index in [-0.39, 0.29) is 6.04 Å². The Morgan fingerprint density at radius 3 is 2.85 bits per heavy atom. The van der Waals surface area contributed by atoms with Crippen molar-refractivity contribution in [2.75, 3.05) is 24.6 Å². The Balaban J connectivity index is 2.08. The monoisotopic (exact) mass is 276 g/mol. The molecule has 0 aliphatic carbocycles. The fourth-order valence-electron chi connectivity index (χ4n) is 2.73. The Bertz CT molecular complexity index is 433. The Labute approximate surface area is 123 Å². The molecule has 112 valence electrons. The molecule has 0 radical (unpaired) electrons. The lowest BCUT2D eigenvalue weighted by atomic mass is 9.99. The van der Waals surface area contributed by atoms with Gasteiger partial charge in [-0.3, -0.25) is 0 Å². The van der Waals surface area contributed by atoms with Gasteiger partial charge in [0, 0.05) is 24.8 Å². The summed E-state index contributed by atoms with van der Waals surface area (Å²) < 4.78 is 5.74. The highest BCUT2D eigenvalue weighted by atomic mass is 16.5. The molecule has 0 bridgehead atoms. The van der Waals surface area contributed by atoms with Crippen molar-refractivity contribution in [3.8, 4) is 0 Å². The van der Waals surface area contributed by atoms with Crippen LogP contribution in [0.1, 0.15) is 37.8 Å². The first-order valence-corrected chi connectivity index (χ1v) is 7.85. The van der Waals surface area contributed by atoms with Crippen LogP contribution in [0.25, 0.3) is 0 Å². The predicted octanol–water partition coefficient (Wildman–Crippen LogP) is 2.89. The smallest absolute Gasteiger partial charge is 0.0748 e. The zero-order valence-corrected chi connectivity index (χ0v) is 13.1. The largest absolute Gasteiger partial charge is 0.375 e. The van der Waals surface area contributed by atoms with E-state index in [4.69, 9.17) is 10.5 Å². The van der Waals surface area contributed by atoms with Crippen LogP contribution in [0.15, 0.2) is 18.2 Å².